The van der Waals surface area contributed by atoms with Crippen molar-refractivity contribution in [3.8, 4) is 5.75 Å². The van der Waals surface area contributed by atoms with Crippen molar-refractivity contribution in [3.63, 3.8) is 0 Å². The molecule has 2 heteroatoms. The summed E-state index contributed by atoms with van der Waals surface area (Å²) >= 11 is 0. The van der Waals surface area contributed by atoms with Crippen LogP contribution in [0.3, 0.4) is 0 Å². The maximum Gasteiger partial charge on any atom is 0.122 e. The average Bonchev–Trinajstić information content (AvgIpc) is 2.85. The Labute approximate surface area is 114 Å². The summed E-state index contributed by atoms with van der Waals surface area (Å²) in [5.74, 6) is 5.32. The highest BCUT2D eigenvalue weighted by molar-refractivity contribution is 5.39. The van der Waals surface area contributed by atoms with Crippen molar-refractivity contribution in [1.82, 2.24) is 5.32 Å². The summed E-state index contributed by atoms with van der Waals surface area (Å²) in [4.78, 5) is 0. The minimum Gasteiger partial charge on any atom is -0.493 e. The summed E-state index contributed by atoms with van der Waals surface area (Å²) < 4.78 is 5.57. The van der Waals surface area contributed by atoms with Gasteiger partial charge in [-0.15, -0.1) is 0 Å². The third kappa shape index (κ3) is 1.53. The molecule has 1 heterocycles. The van der Waals surface area contributed by atoms with Crippen molar-refractivity contribution < 1.29 is 4.74 Å². The zero-order chi connectivity index (χ0) is 12.4. The minimum absolute atomic E-state index is 0.843. The number of nitrogens with one attached hydrogen (secondary N) is 1. The van der Waals surface area contributed by atoms with Crippen LogP contribution < -0.4 is 10.1 Å². The molecule has 0 amide bonds. The first kappa shape index (κ1) is 10.7. The summed E-state index contributed by atoms with van der Waals surface area (Å²) in [6, 6.07) is 7.55. The van der Waals surface area contributed by atoms with E-state index in [1.165, 1.54) is 24.0 Å². The first-order valence-electron chi connectivity index (χ1n) is 7.88. The average molecular weight is 255 g/mol. The van der Waals surface area contributed by atoms with Gasteiger partial charge in [-0.05, 0) is 60.1 Å². The van der Waals surface area contributed by atoms with E-state index >= 15 is 0 Å². The number of fused-ring (bicyclic) bond motifs is 6. The molecule has 3 saturated carbocycles. The van der Waals surface area contributed by atoms with E-state index in [1.807, 2.05) is 0 Å². The monoisotopic (exact) mass is 255 g/mol. The smallest absolute Gasteiger partial charge is 0.122 e. The van der Waals surface area contributed by atoms with E-state index in [9.17, 15) is 0 Å². The van der Waals surface area contributed by atoms with Crippen LogP contribution in [-0.4, -0.2) is 12.6 Å². The summed E-state index contributed by atoms with van der Waals surface area (Å²) in [7, 11) is 0. The van der Waals surface area contributed by atoms with Crippen LogP contribution in [0.15, 0.2) is 18.2 Å². The standard InChI is InChI=1S/C17H21NO/c1-4-14-11(5-6-19-14)7-10(1)9-18-17-15-12-2-3-13(8-12)16(15)17/h1,4,7,12-13,15-18H,2-3,5-6,8-9H2. The molecule has 100 valence electrons. The lowest BCUT2D eigenvalue weighted by atomic mass is 10.0. The van der Waals surface area contributed by atoms with E-state index in [0.717, 1.165) is 55.0 Å². The Bertz CT molecular complexity index is 510. The predicted octanol–water partition coefficient (Wildman–Crippen LogP) is 2.76. The van der Waals surface area contributed by atoms with Crippen LogP contribution in [0, 0.1) is 23.7 Å². The molecule has 1 aliphatic heterocycles. The largest absolute Gasteiger partial charge is 0.493 e. The highest BCUT2D eigenvalue weighted by Gasteiger charge is 2.64. The molecule has 0 spiro atoms. The molecule has 1 aromatic carbocycles. The molecular formula is C17H21NO. The van der Waals surface area contributed by atoms with Gasteiger partial charge in [0.05, 0.1) is 6.61 Å². The maximum absolute atomic E-state index is 5.57. The first-order valence-corrected chi connectivity index (χ1v) is 7.88. The van der Waals surface area contributed by atoms with Crippen LogP contribution in [0.25, 0.3) is 0 Å². The van der Waals surface area contributed by atoms with Crippen LogP contribution in [0.4, 0.5) is 0 Å². The molecular weight excluding hydrogens is 234 g/mol. The Morgan fingerprint density at radius 1 is 1.16 bits per heavy atom. The zero-order valence-electron chi connectivity index (χ0n) is 11.3. The molecule has 4 unspecified atom stereocenters. The van der Waals surface area contributed by atoms with Gasteiger partial charge in [-0.2, -0.15) is 0 Å². The molecule has 2 nitrogen and oxygen atoms in total. The van der Waals surface area contributed by atoms with Gasteiger partial charge in [0.15, 0.2) is 0 Å². The van der Waals surface area contributed by atoms with Crippen LogP contribution in [0.1, 0.15) is 30.4 Å². The second kappa shape index (κ2) is 3.76. The molecule has 4 aliphatic rings. The molecule has 0 radical (unpaired) electrons. The van der Waals surface area contributed by atoms with Crippen molar-refractivity contribution in [2.45, 2.75) is 38.3 Å². The van der Waals surface area contributed by atoms with Crippen LogP contribution in [0.5, 0.6) is 5.75 Å². The van der Waals surface area contributed by atoms with Crippen molar-refractivity contribution in [2.24, 2.45) is 23.7 Å². The Morgan fingerprint density at radius 3 is 2.84 bits per heavy atom. The van der Waals surface area contributed by atoms with E-state index in [1.54, 1.807) is 6.42 Å². The fraction of sp³-hybridized carbons (Fsp3) is 0.647. The van der Waals surface area contributed by atoms with Gasteiger partial charge in [0.25, 0.3) is 0 Å². The van der Waals surface area contributed by atoms with Gasteiger partial charge in [0.2, 0.25) is 0 Å². The lowest BCUT2D eigenvalue weighted by Gasteiger charge is -2.11. The van der Waals surface area contributed by atoms with E-state index < -0.39 is 0 Å². The van der Waals surface area contributed by atoms with E-state index in [4.69, 9.17) is 4.74 Å². The van der Waals surface area contributed by atoms with Gasteiger partial charge in [-0.25, -0.2) is 0 Å². The Kier molecular flexibility index (Phi) is 2.12. The summed E-state index contributed by atoms with van der Waals surface area (Å²) in [5, 5.41) is 3.83. The molecule has 0 aromatic heterocycles. The van der Waals surface area contributed by atoms with E-state index in [0.29, 0.717) is 0 Å². The molecule has 4 atom stereocenters. The molecule has 19 heavy (non-hydrogen) atoms. The van der Waals surface area contributed by atoms with E-state index in [-0.39, 0.29) is 0 Å². The van der Waals surface area contributed by atoms with Crippen LogP contribution >= 0.6 is 0 Å². The first-order chi connectivity index (χ1) is 9.40. The Morgan fingerprint density at radius 2 is 2.00 bits per heavy atom. The van der Waals surface area contributed by atoms with E-state index in [2.05, 4.69) is 23.5 Å². The van der Waals surface area contributed by atoms with Gasteiger partial charge in [0, 0.05) is 19.0 Å². The predicted molar refractivity (Wildman–Crippen MR) is 74.1 cm³/mol. The fourth-order valence-electron chi connectivity index (χ4n) is 5.18. The van der Waals surface area contributed by atoms with Gasteiger partial charge in [-0.1, -0.05) is 12.1 Å². The lowest BCUT2D eigenvalue weighted by molar-refractivity contribution is 0.357. The van der Waals surface area contributed by atoms with Crippen molar-refractivity contribution >= 4 is 0 Å². The highest BCUT2D eigenvalue weighted by atomic mass is 16.5. The van der Waals surface area contributed by atoms with Gasteiger partial charge < -0.3 is 10.1 Å². The quantitative estimate of drug-likeness (QED) is 0.896. The Balaban J connectivity index is 1.25. The topological polar surface area (TPSA) is 21.3 Å². The molecule has 1 N–H and O–H groups in total. The van der Waals surface area contributed by atoms with Crippen LogP contribution in [0.2, 0.25) is 0 Å². The molecule has 3 fully saturated rings. The van der Waals surface area contributed by atoms with Gasteiger partial charge >= 0.3 is 0 Å². The lowest BCUT2D eigenvalue weighted by Crippen LogP contribution is -2.22. The minimum atomic E-state index is 0.843. The number of rotatable bonds is 3. The highest BCUT2D eigenvalue weighted by Crippen LogP contribution is 2.65. The maximum atomic E-state index is 5.57. The number of benzene rings is 1. The number of hydrogen-bond donors (Lipinski definition) is 1. The zero-order valence-corrected chi connectivity index (χ0v) is 11.3. The summed E-state index contributed by atoms with van der Waals surface area (Å²) in [5.41, 5.74) is 2.83. The second-order valence-corrected chi connectivity index (χ2v) is 6.94. The van der Waals surface area contributed by atoms with Gasteiger partial charge in [-0.3, -0.25) is 0 Å². The van der Waals surface area contributed by atoms with Crippen molar-refractivity contribution in [2.75, 3.05) is 6.61 Å². The summed E-state index contributed by atoms with van der Waals surface area (Å²) in [6.07, 6.45) is 5.66. The third-order valence-electron chi connectivity index (χ3n) is 6.03. The normalized spacial score (nSPS) is 40.9. The van der Waals surface area contributed by atoms with Crippen LogP contribution in [-0.2, 0) is 13.0 Å². The molecule has 5 rings (SSSR count). The molecule has 0 saturated heterocycles. The molecule has 1 aromatic rings. The second-order valence-electron chi connectivity index (χ2n) is 6.94. The number of hydrogen-bond acceptors (Lipinski definition) is 2. The number of ether oxygens (including phenoxy) is 1. The summed E-state index contributed by atoms with van der Waals surface area (Å²) in [6.45, 7) is 1.91. The molecule has 2 bridgehead atoms. The van der Waals surface area contributed by atoms with Crippen molar-refractivity contribution in [3.05, 3.63) is 29.3 Å². The van der Waals surface area contributed by atoms with Gasteiger partial charge in [0.1, 0.15) is 5.75 Å². The fourth-order valence-corrected chi connectivity index (χ4v) is 5.18. The molecule has 3 aliphatic carbocycles. The third-order valence-corrected chi connectivity index (χ3v) is 6.03. The SMILES string of the molecule is c1cc2c(cc1CNC1C3C4CCC(C4)C13)CCO2. The van der Waals surface area contributed by atoms with Crippen molar-refractivity contribution in [1.29, 1.82) is 0 Å². The Hall–Kier alpha value is -1.02.